The van der Waals surface area contributed by atoms with E-state index in [-0.39, 0.29) is 25.2 Å². The first-order valence-corrected chi connectivity index (χ1v) is 6.85. The van der Waals surface area contributed by atoms with E-state index in [0.717, 1.165) is 5.56 Å². The summed E-state index contributed by atoms with van der Waals surface area (Å²) in [6, 6.07) is 9.31. The zero-order valence-corrected chi connectivity index (χ0v) is 11.9. The Labute approximate surface area is 123 Å². The molecule has 1 aromatic rings. The van der Waals surface area contributed by atoms with Gasteiger partial charge in [0.1, 0.15) is 6.61 Å². The van der Waals surface area contributed by atoms with E-state index in [9.17, 15) is 9.59 Å². The molecule has 0 aromatic heterocycles. The SMILES string of the molecule is COC(=O)[C@@H]1CC[C@@H](NC(=O)OCc2ccccc2)CO1. The summed E-state index contributed by atoms with van der Waals surface area (Å²) in [4.78, 5) is 23.0. The molecule has 1 N–H and O–H groups in total. The van der Waals surface area contributed by atoms with Crippen molar-refractivity contribution in [3.8, 4) is 0 Å². The van der Waals surface area contributed by atoms with Crippen molar-refractivity contribution in [3.63, 3.8) is 0 Å². The lowest BCUT2D eigenvalue weighted by Gasteiger charge is -2.27. The molecule has 2 rings (SSSR count). The number of carbonyl (C=O) groups excluding carboxylic acids is 2. The molecule has 1 fully saturated rings. The third-order valence-corrected chi connectivity index (χ3v) is 3.27. The van der Waals surface area contributed by atoms with Gasteiger partial charge in [-0.05, 0) is 18.4 Å². The number of methoxy groups -OCH3 is 1. The van der Waals surface area contributed by atoms with E-state index in [0.29, 0.717) is 12.8 Å². The number of nitrogens with one attached hydrogen (secondary N) is 1. The van der Waals surface area contributed by atoms with Gasteiger partial charge in [-0.3, -0.25) is 0 Å². The van der Waals surface area contributed by atoms with Crippen molar-refractivity contribution in [2.45, 2.75) is 31.6 Å². The zero-order valence-electron chi connectivity index (χ0n) is 11.9. The van der Waals surface area contributed by atoms with Crippen molar-refractivity contribution in [1.29, 1.82) is 0 Å². The Hall–Kier alpha value is -2.08. The summed E-state index contributed by atoms with van der Waals surface area (Å²) >= 11 is 0. The second kappa shape index (κ2) is 7.64. The number of hydrogen-bond acceptors (Lipinski definition) is 5. The summed E-state index contributed by atoms with van der Waals surface area (Å²) < 4.78 is 15.1. The lowest BCUT2D eigenvalue weighted by atomic mass is 10.1. The molecule has 0 bridgehead atoms. The number of carbonyl (C=O) groups is 2. The van der Waals surface area contributed by atoms with Gasteiger partial charge in [-0.15, -0.1) is 0 Å². The van der Waals surface area contributed by atoms with Crippen LogP contribution in [-0.2, 0) is 25.6 Å². The summed E-state index contributed by atoms with van der Waals surface area (Å²) in [7, 11) is 1.33. The Morgan fingerprint density at radius 3 is 2.67 bits per heavy atom. The van der Waals surface area contributed by atoms with Crippen LogP contribution in [0.3, 0.4) is 0 Å². The van der Waals surface area contributed by atoms with Crippen LogP contribution < -0.4 is 5.32 Å². The highest BCUT2D eigenvalue weighted by atomic mass is 16.6. The van der Waals surface area contributed by atoms with Gasteiger partial charge >= 0.3 is 12.1 Å². The molecular formula is C15H19NO5. The first-order chi connectivity index (χ1) is 10.2. The van der Waals surface area contributed by atoms with E-state index in [1.54, 1.807) is 0 Å². The summed E-state index contributed by atoms with van der Waals surface area (Å²) in [5, 5.41) is 2.73. The van der Waals surface area contributed by atoms with Gasteiger partial charge in [-0.25, -0.2) is 9.59 Å². The fourth-order valence-corrected chi connectivity index (χ4v) is 2.11. The first kappa shape index (κ1) is 15.3. The van der Waals surface area contributed by atoms with Gasteiger partial charge in [0.25, 0.3) is 0 Å². The predicted molar refractivity (Wildman–Crippen MR) is 74.5 cm³/mol. The van der Waals surface area contributed by atoms with E-state index >= 15 is 0 Å². The molecule has 0 aliphatic carbocycles. The molecule has 1 aliphatic heterocycles. The molecule has 1 amide bonds. The average Bonchev–Trinajstić information content (AvgIpc) is 2.54. The molecule has 114 valence electrons. The smallest absolute Gasteiger partial charge is 0.407 e. The molecule has 21 heavy (non-hydrogen) atoms. The van der Waals surface area contributed by atoms with Crippen LogP contribution in [0.2, 0.25) is 0 Å². The van der Waals surface area contributed by atoms with E-state index in [1.807, 2.05) is 30.3 Å². The molecule has 6 nitrogen and oxygen atoms in total. The second-order valence-corrected chi connectivity index (χ2v) is 4.83. The number of amides is 1. The highest BCUT2D eigenvalue weighted by Crippen LogP contribution is 2.15. The largest absolute Gasteiger partial charge is 0.467 e. The van der Waals surface area contributed by atoms with E-state index in [1.165, 1.54) is 7.11 Å². The summed E-state index contributed by atoms with van der Waals surface area (Å²) in [5.74, 6) is -0.375. The molecule has 6 heteroatoms. The first-order valence-electron chi connectivity index (χ1n) is 6.85. The van der Waals surface area contributed by atoms with Crippen molar-refractivity contribution in [2.75, 3.05) is 13.7 Å². The lowest BCUT2D eigenvalue weighted by Crippen LogP contribution is -2.45. The Morgan fingerprint density at radius 1 is 1.29 bits per heavy atom. The molecule has 0 unspecified atom stereocenters. The summed E-state index contributed by atoms with van der Waals surface area (Å²) in [5.41, 5.74) is 0.929. The van der Waals surface area contributed by atoms with E-state index < -0.39 is 12.2 Å². The van der Waals surface area contributed by atoms with Gasteiger partial charge in [0.15, 0.2) is 6.10 Å². The van der Waals surface area contributed by atoms with Crippen LogP contribution >= 0.6 is 0 Å². The van der Waals surface area contributed by atoms with Gasteiger partial charge in [-0.2, -0.15) is 0 Å². The fraction of sp³-hybridized carbons (Fsp3) is 0.467. The zero-order chi connectivity index (χ0) is 15.1. The van der Waals surface area contributed by atoms with Gasteiger partial charge in [0.2, 0.25) is 0 Å². The van der Waals surface area contributed by atoms with Gasteiger partial charge in [0, 0.05) is 0 Å². The highest BCUT2D eigenvalue weighted by molar-refractivity contribution is 5.74. The predicted octanol–water partition coefficient (Wildman–Crippen LogP) is 1.63. The monoisotopic (exact) mass is 293 g/mol. The minimum absolute atomic E-state index is 0.144. The minimum atomic E-state index is -0.534. The lowest BCUT2D eigenvalue weighted by molar-refractivity contribution is -0.157. The summed E-state index contributed by atoms with van der Waals surface area (Å²) in [6.45, 7) is 0.505. The molecule has 1 aromatic carbocycles. The Balaban J connectivity index is 1.68. The summed E-state index contributed by atoms with van der Waals surface area (Å²) in [6.07, 6.45) is 0.161. The molecule has 0 spiro atoms. The molecule has 1 aliphatic rings. The number of alkyl carbamates (subject to hydrolysis) is 1. The van der Waals surface area contributed by atoms with E-state index in [2.05, 4.69) is 10.1 Å². The quantitative estimate of drug-likeness (QED) is 0.854. The van der Waals surface area contributed by atoms with Crippen molar-refractivity contribution < 1.29 is 23.8 Å². The Bertz CT molecular complexity index is 468. The molecular weight excluding hydrogens is 274 g/mol. The molecule has 1 heterocycles. The van der Waals surface area contributed by atoms with E-state index in [4.69, 9.17) is 9.47 Å². The third kappa shape index (κ3) is 4.75. The number of esters is 1. The van der Waals surface area contributed by atoms with Crippen LogP contribution in [0.4, 0.5) is 4.79 Å². The maximum atomic E-state index is 11.7. The third-order valence-electron chi connectivity index (χ3n) is 3.27. The van der Waals surface area contributed by atoms with Gasteiger partial charge < -0.3 is 19.5 Å². The second-order valence-electron chi connectivity index (χ2n) is 4.83. The Kier molecular flexibility index (Phi) is 5.57. The molecule has 0 saturated carbocycles. The van der Waals surface area contributed by atoms with Crippen molar-refractivity contribution in [1.82, 2.24) is 5.32 Å². The normalized spacial score (nSPS) is 21.4. The fourth-order valence-electron chi connectivity index (χ4n) is 2.11. The number of ether oxygens (including phenoxy) is 3. The van der Waals surface area contributed by atoms with Crippen LogP contribution in [0.5, 0.6) is 0 Å². The molecule has 2 atom stereocenters. The molecule has 1 saturated heterocycles. The van der Waals surface area contributed by atoms with Crippen molar-refractivity contribution in [3.05, 3.63) is 35.9 Å². The number of benzene rings is 1. The maximum absolute atomic E-state index is 11.7. The highest BCUT2D eigenvalue weighted by Gasteiger charge is 2.28. The van der Waals surface area contributed by atoms with Gasteiger partial charge in [-0.1, -0.05) is 30.3 Å². The van der Waals surface area contributed by atoms with Crippen molar-refractivity contribution in [2.24, 2.45) is 0 Å². The van der Waals surface area contributed by atoms with Crippen LogP contribution in [0.1, 0.15) is 18.4 Å². The number of rotatable bonds is 4. The maximum Gasteiger partial charge on any atom is 0.407 e. The standard InChI is InChI=1S/C15H19NO5/c1-19-14(17)13-8-7-12(10-20-13)16-15(18)21-9-11-5-3-2-4-6-11/h2-6,12-13H,7-10H2,1H3,(H,16,18)/t12-,13+/m1/s1. The van der Waals surface area contributed by atoms with Crippen LogP contribution in [-0.4, -0.2) is 37.9 Å². The Morgan fingerprint density at radius 2 is 2.05 bits per heavy atom. The molecule has 0 radical (unpaired) electrons. The average molecular weight is 293 g/mol. The van der Waals surface area contributed by atoms with Crippen LogP contribution in [0.15, 0.2) is 30.3 Å². The van der Waals surface area contributed by atoms with Crippen LogP contribution in [0, 0.1) is 0 Å². The topological polar surface area (TPSA) is 73.9 Å². The van der Waals surface area contributed by atoms with Crippen molar-refractivity contribution >= 4 is 12.1 Å². The van der Waals surface area contributed by atoms with Gasteiger partial charge in [0.05, 0.1) is 19.8 Å². The van der Waals surface area contributed by atoms with Crippen LogP contribution in [0.25, 0.3) is 0 Å². The number of hydrogen-bond donors (Lipinski definition) is 1. The minimum Gasteiger partial charge on any atom is -0.467 e.